The van der Waals surface area contributed by atoms with Crippen molar-refractivity contribution in [2.45, 2.75) is 13.3 Å². The molecule has 1 aliphatic rings. The highest BCUT2D eigenvalue weighted by molar-refractivity contribution is 5.96. The molecule has 0 bridgehead atoms. The summed E-state index contributed by atoms with van der Waals surface area (Å²) in [4.78, 5) is 19.4. The maximum Gasteiger partial charge on any atom is 0.331 e. The highest BCUT2D eigenvalue weighted by Gasteiger charge is 2.22. The summed E-state index contributed by atoms with van der Waals surface area (Å²) >= 11 is 0. The molecule has 0 spiro atoms. The maximum absolute atomic E-state index is 11.0. The maximum atomic E-state index is 11.0. The van der Waals surface area contributed by atoms with Gasteiger partial charge in [-0.2, -0.15) is 0 Å². The van der Waals surface area contributed by atoms with Gasteiger partial charge in [-0.1, -0.05) is 17.7 Å². The lowest BCUT2D eigenvalue weighted by Gasteiger charge is -2.08. The largest absolute Gasteiger partial charge is 0.478 e. The summed E-state index contributed by atoms with van der Waals surface area (Å²) in [5, 5.41) is 12.3. The molecule has 5 heteroatoms. The van der Waals surface area contributed by atoms with Gasteiger partial charge in [-0.25, -0.2) is 14.8 Å². The predicted octanol–water partition coefficient (Wildman–Crippen LogP) is 2.55. The Labute approximate surface area is 116 Å². The van der Waals surface area contributed by atoms with Crippen LogP contribution < -0.4 is 5.32 Å². The van der Waals surface area contributed by atoms with Gasteiger partial charge in [0.1, 0.15) is 12.1 Å². The molecule has 1 heterocycles. The van der Waals surface area contributed by atoms with E-state index in [-0.39, 0.29) is 0 Å². The van der Waals surface area contributed by atoms with Gasteiger partial charge in [0.15, 0.2) is 0 Å². The van der Waals surface area contributed by atoms with E-state index in [0.29, 0.717) is 17.8 Å². The fourth-order valence-corrected chi connectivity index (χ4v) is 2.14. The minimum atomic E-state index is -0.913. The number of benzene rings is 1. The predicted molar refractivity (Wildman–Crippen MR) is 75.8 cm³/mol. The number of anilines is 2. The first-order valence-corrected chi connectivity index (χ1v) is 6.25. The van der Waals surface area contributed by atoms with Crippen LogP contribution in [0.1, 0.15) is 16.8 Å². The first-order chi connectivity index (χ1) is 9.63. The van der Waals surface area contributed by atoms with Crippen LogP contribution in [-0.2, 0) is 11.2 Å². The van der Waals surface area contributed by atoms with Crippen LogP contribution in [0.4, 0.5) is 11.5 Å². The molecule has 1 aliphatic carbocycles. The molecule has 1 aromatic carbocycles. The topological polar surface area (TPSA) is 75.1 Å². The van der Waals surface area contributed by atoms with Crippen molar-refractivity contribution in [3.8, 4) is 0 Å². The molecule has 0 saturated heterocycles. The third-order valence-electron chi connectivity index (χ3n) is 3.23. The Morgan fingerprint density at radius 1 is 1.25 bits per heavy atom. The number of fused-ring (bicyclic) bond motifs is 1. The van der Waals surface area contributed by atoms with Gasteiger partial charge in [0.2, 0.25) is 0 Å². The van der Waals surface area contributed by atoms with Gasteiger partial charge in [0, 0.05) is 23.2 Å². The molecule has 5 nitrogen and oxygen atoms in total. The average molecular weight is 267 g/mol. The number of aryl methyl sites for hydroxylation is 1. The number of nitrogens with one attached hydrogen (secondary N) is 1. The monoisotopic (exact) mass is 267 g/mol. The molecule has 0 fully saturated rings. The number of aliphatic carboxylic acids is 1. The number of carbonyl (C=O) groups is 1. The normalized spacial score (nSPS) is 12.8. The van der Waals surface area contributed by atoms with Crippen molar-refractivity contribution in [3.05, 3.63) is 53.0 Å². The second-order valence-corrected chi connectivity index (χ2v) is 4.73. The van der Waals surface area contributed by atoms with Gasteiger partial charge in [-0.3, -0.25) is 0 Å². The summed E-state index contributed by atoms with van der Waals surface area (Å²) in [5.74, 6) is -0.278. The molecule has 100 valence electrons. The lowest BCUT2D eigenvalue weighted by molar-refractivity contribution is -0.132. The van der Waals surface area contributed by atoms with Crippen LogP contribution in [0.5, 0.6) is 0 Å². The van der Waals surface area contributed by atoms with E-state index < -0.39 is 5.97 Å². The molecular weight excluding hydrogens is 254 g/mol. The third kappa shape index (κ3) is 2.25. The smallest absolute Gasteiger partial charge is 0.331 e. The summed E-state index contributed by atoms with van der Waals surface area (Å²) in [6, 6.07) is 7.92. The molecule has 0 radical (unpaired) electrons. The fraction of sp³-hybridized carbons (Fsp3) is 0.133. The molecular formula is C15H13N3O2. The molecule has 0 aliphatic heterocycles. The van der Waals surface area contributed by atoms with E-state index in [2.05, 4.69) is 15.3 Å². The lowest BCUT2D eigenvalue weighted by atomic mass is 10.2. The highest BCUT2D eigenvalue weighted by atomic mass is 16.4. The van der Waals surface area contributed by atoms with E-state index in [1.807, 2.05) is 31.2 Å². The van der Waals surface area contributed by atoms with E-state index in [9.17, 15) is 4.79 Å². The van der Waals surface area contributed by atoms with E-state index >= 15 is 0 Å². The number of rotatable bonds is 3. The van der Waals surface area contributed by atoms with Gasteiger partial charge < -0.3 is 10.4 Å². The van der Waals surface area contributed by atoms with Gasteiger partial charge >= 0.3 is 5.97 Å². The van der Waals surface area contributed by atoms with Crippen molar-refractivity contribution in [2.75, 3.05) is 5.32 Å². The number of nitrogens with zero attached hydrogens (tertiary/aromatic N) is 2. The zero-order chi connectivity index (χ0) is 14.1. The Hall–Kier alpha value is -2.69. The number of aromatic nitrogens is 2. The number of carboxylic acid groups (broad SMARTS) is 1. The van der Waals surface area contributed by atoms with Gasteiger partial charge in [0.05, 0.1) is 5.69 Å². The summed E-state index contributed by atoms with van der Waals surface area (Å²) < 4.78 is 0. The quantitative estimate of drug-likeness (QED) is 0.893. The molecule has 0 saturated carbocycles. The van der Waals surface area contributed by atoms with Crippen molar-refractivity contribution < 1.29 is 9.90 Å². The summed E-state index contributed by atoms with van der Waals surface area (Å²) in [6.07, 6.45) is 3.43. The SMILES string of the molecule is Cc1ccc(Nc2ncnc3c2C=C(C(=O)O)C3)cc1. The number of hydrogen-bond acceptors (Lipinski definition) is 4. The van der Waals surface area contributed by atoms with E-state index in [0.717, 1.165) is 16.9 Å². The zero-order valence-corrected chi connectivity index (χ0v) is 10.9. The molecule has 0 amide bonds. The van der Waals surface area contributed by atoms with Gasteiger partial charge in [-0.05, 0) is 25.1 Å². The molecule has 20 heavy (non-hydrogen) atoms. The minimum absolute atomic E-state index is 0.340. The van der Waals surface area contributed by atoms with Crippen LogP contribution >= 0.6 is 0 Å². The van der Waals surface area contributed by atoms with Crippen LogP contribution in [0.2, 0.25) is 0 Å². The van der Waals surface area contributed by atoms with Crippen LogP contribution in [0, 0.1) is 6.92 Å². The van der Waals surface area contributed by atoms with E-state index in [4.69, 9.17) is 5.11 Å². The Bertz CT molecular complexity index is 706. The number of hydrogen-bond donors (Lipinski definition) is 2. The van der Waals surface area contributed by atoms with Crippen molar-refractivity contribution in [2.24, 2.45) is 0 Å². The lowest BCUT2D eigenvalue weighted by Crippen LogP contribution is -2.01. The summed E-state index contributed by atoms with van der Waals surface area (Å²) in [5.41, 5.74) is 3.93. The van der Waals surface area contributed by atoms with Gasteiger partial charge in [-0.15, -0.1) is 0 Å². The van der Waals surface area contributed by atoms with Crippen molar-refractivity contribution in [1.82, 2.24) is 9.97 Å². The summed E-state index contributed by atoms with van der Waals surface area (Å²) in [6.45, 7) is 2.02. The Balaban J connectivity index is 1.94. The standard InChI is InChI=1S/C15H13N3O2/c1-9-2-4-11(5-3-9)18-14-12-6-10(15(19)20)7-13(12)16-8-17-14/h2-6,8H,7H2,1H3,(H,19,20)(H,16,17,18). The first kappa shape index (κ1) is 12.3. The molecule has 0 atom stereocenters. The Morgan fingerprint density at radius 3 is 2.70 bits per heavy atom. The summed E-state index contributed by atoms with van der Waals surface area (Å²) in [7, 11) is 0. The third-order valence-corrected chi connectivity index (χ3v) is 3.23. The van der Waals surface area contributed by atoms with E-state index in [1.54, 1.807) is 6.08 Å². The fourth-order valence-electron chi connectivity index (χ4n) is 2.14. The molecule has 2 N–H and O–H groups in total. The second kappa shape index (κ2) is 4.77. The van der Waals surface area contributed by atoms with Gasteiger partial charge in [0.25, 0.3) is 0 Å². The first-order valence-electron chi connectivity index (χ1n) is 6.25. The Morgan fingerprint density at radius 2 is 2.00 bits per heavy atom. The van der Waals surface area contributed by atoms with E-state index in [1.165, 1.54) is 11.9 Å². The van der Waals surface area contributed by atoms with Crippen molar-refractivity contribution >= 4 is 23.6 Å². The Kier molecular flexibility index (Phi) is 2.95. The van der Waals surface area contributed by atoms with Crippen LogP contribution in [0.15, 0.2) is 36.2 Å². The molecule has 2 aromatic rings. The van der Waals surface area contributed by atoms with Crippen molar-refractivity contribution in [3.63, 3.8) is 0 Å². The molecule has 3 rings (SSSR count). The van der Waals surface area contributed by atoms with Crippen LogP contribution in [0.25, 0.3) is 6.08 Å². The average Bonchev–Trinajstić information content (AvgIpc) is 2.87. The second-order valence-electron chi connectivity index (χ2n) is 4.73. The number of carboxylic acids is 1. The van der Waals surface area contributed by atoms with Crippen molar-refractivity contribution in [1.29, 1.82) is 0 Å². The molecule has 0 unspecified atom stereocenters. The van der Waals surface area contributed by atoms with Crippen LogP contribution in [0.3, 0.4) is 0 Å². The van der Waals surface area contributed by atoms with Crippen LogP contribution in [-0.4, -0.2) is 21.0 Å². The highest BCUT2D eigenvalue weighted by Crippen LogP contribution is 2.29. The minimum Gasteiger partial charge on any atom is -0.478 e. The zero-order valence-electron chi connectivity index (χ0n) is 10.9. The molecule has 1 aromatic heterocycles.